The summed E-state index contributed by atoms with van der Waals surface area (Å²) in [6, 6.07) is 15.9. The molecule has 1 amide bonds. The minimum absolute atomic E-state index is 0.164. The summed E-state index contributed by atoms with van der Waals surface area (Å²) < 4.78 is 7.61. The molecule has 0 spiro atoms. The van der Waals surface area contributed by atoms with Crippen molar-refractivity contribution in [1.82, 2.24) is 14.9 Å². The maximum Gasteiger partial charge on any atom is 0.252 e. The summed E-state index contributed by atoms with van der Waals surface area (Å²) in [5.41, 5.74) is 4.00. The van der Waals surface area contributed by atoms with E-state index in [1.807, 2.05) is 12.1 Å². The van der Waals surface area contributed by atoms with Crippen LogP contribution in [-0.4, -0.2) is 26.6 Å². The predicted molar refractivity (Wildman–Crippen MR) is 128 cm³/mol. The zero-order valence-corrected chi connectivity index (χ0v) is 18.8. The Morgan fingerprint density at radius 2 is 1.97 bits per heavy atom. The highest BCUT2D eigenvalue weighted by Crippen LogP contribution is 2.36. The van der Waals surface area contributed by atoms with Gasteiger partial charge in [-0.2, -0.15) is 5.26 Å². The number of fused-ring (bicyclic) bond motifs is 1. The molecule has 34 heavy (non-hydrogen) atoms. The van der Waals surface area contributed by atoms with E-state index in [2.05, 4.69) is 16.0 Å². The quantitative estimate of drug-likeness (QED) is 0.407. The number of aromatic nitrogens is 2. The first kappa shape index (κ1) is 21.8. The van der Waals surface area contributed by atoms with E-state index in [0.717, 1.165) is 40.8 Å². The molecule has 1 aliphatic carbocycles. The first-order valence-corrected chi connectivity index (χ1v) is 11.7. The zero-order chi connectivity index (χ0) is 23.5. The van der Waals surface area contributed by atoms with Gasteiger partial charge < -0.3 is 19.4 Å². The van der Waals surface area contributed by atoms with E-state index >= 15 is 0 Å². The van der Waals surface area contributed by atoms with E-state index in [-0.39, 0.29) is 11.7 Å². The molecule has 1 fully saturated rings. The number of carbonyl (C=O) groups excluding carboxylic acids is 1. The largest absolute Gasteiger partial charge is 0.508 e. The number of carbonyl (C=O) groups is 1. The zero-order valence-electron chi connectivity index (χ0n) is 18.8. The molecule has 2 heterocycles. The van der Waals surface area contributed by atoms with Gasteiger partial charge in [-0.1, -0.05) is 31.4 Å². The highest BCUT2D eigenvalue weighted by atomic mass is 16.3. The van der Waals surface area contributed by atoms with Crippen molar-refractivity contribution in [1.29, 1.82) is 5.26 Å². The Bertz CT molecular complexity index is 1330. The van der Waals surface area contributed by atoms with Gasteiger partial charge in [-0.25, -0.2) is 4.98 Å². The fraction of sp³-hybridized carbons (Fsp3) is 0.296. The highest BCUT2D eigenvalue weighted by molar-refractivity contribution is 5.98. The molecule has 0 aliphatic heterocycles. The Morgan fingerprint density at radius 3 is 2.68 bits per heavy atom. The Labute approximate surface area is 197 Å². The Hall–Kier alpha value is -4.05. The SMILES string of the molecule is N#C[C@H](Cc1ccc(O)cc1)NC(=O)c1ccc2c(c1)nc(-c1ccoc1)n2C1CCCCC1. The highest BCUT2D eigenvalue weighted by Gasteiger charge is 2.24. The molecule has 7 heteroatoms. The molecule has 172 valence electrons. The summed E-state index contributed by atoms with van der Waals surface area (Å²) in [6.45, 7) is 0. The van der Waals surface area contributed by atoms with Crippen molar-refractivity contribution in [3.63, 3.8) is 0 Å². The van der Waals surface area contributed by atoms with E-state index < -0.39 is 6.04 Å². The second-order valence-corrected chi connectivity index (χ2v) is 8.84. The molecule has 0 saturated heterocycles. The average molecular weight is 455 g/mol. The van der Waals surface area contributed by atoms with Crippen molar-refractivity contribution in [3.8, 4) is 23.2 Å². The monoisotopic (exact) mass is 454 g/mol. The van der Waals surface area contributed by atoms with Crippen LogP contribution in [0.15, 0.2) is 65.5 Å². The number of rotatable bonds is 6. The third-order valence-corrected chi connectivity index (χ3v) is 6.51. The topological polar surface area (TPSA) is 104 Å². The summed E-state index contributed by atoms with van der Waals surface area (Å²) in [5.74, 6) is 0.705. The number of phenolic OH excluding ortho intramolecular Hbond substituents is 1. The third kappa shape index (κ3) is 4.40. The van der Waals surface area contributed by atoms with E-state index in [9.17, 15) is 15.2 Å². The van der Waals surface area contributed by atoms with Gasteiger partial charge in [0.15, 0.2) is 0 Å². The lowest BCUT2D eigenvalue weighted by atomic mass is 9.95. The molecule has 2 aromatic heterocycles. The van der Waals surface area contributed by atoms with Crippen molar-refractivity contribution >= 4 is 16.9 Å². The fourth-order valence-electron chi connectivity index (χ4n) is 4.78. The summed E-state index contributed by atoms with van der Waals surface area (Å²) in [6.07, 6.45) is 9.59. The predicted octanol–water partition coefficient (Wildman–Crippen LogP) is 5.37. The van der Waals surface area contributed by atoms with Gasteiger partial charge in [0.1, 0.15) is 23.9 Å². The molecular formula is C27H26N4O3. The number of amides is 1. The molecule has 0 radical (unpaired) electrons. The number of furan rings is 1. The molecular weight excluding hydrogens is 428 g/mol. The minimum atomic E-state index is -0.686. The van der Waals surface area contributed by atoms with Gasteiger partial charge in [-0.05, 0) is 54.8 Å². The van der Waals surface area contributed by atoms with Gasteiger partial charge in [0, 0.05) is 18.0 Å². The fourth-order valence-corrected chi connectivity index (χ4v) is 4.78. The molecule has 1 atom stereocenters. The summed E-state index contributed by atoms with van der Waals surface area (Å²) in [4.78, 5) is 17.9. The van der Waals surface area contributed by atoms with Crippen molar-refractivity contribution in [2.75, 3.05) is 0 Å². The van der Waals surface area contributed by atoms with Crippen LogP contribution in [0, 0.1) is 11.3 Å². The Balaban J connectivity index is 1.42. The second-order valence-electron chi connectivity index (χ2n) is 8.84. The van der Waals surface area contributed by atoms with Gasteiger partial charge in [-0.15, -0.1) is 0 Å². The van der Waals surface area contributed by atoms with E-state index in [4.69, 9.17) is 9.40 Å². The summed E-state index contributed by atoms with van der Waals surface area (Å²) in [5, 5.41) is 21.8. The molecule has 2 N–H and O–H groups in total. The Kier molecular flexibility index (Phi) is 6.05. The van der Waals surface area contributed by atoms with Crippen molar-refractivity contribution in [2.45, 2.75) is 50.6 Å². The average Bonchev–Trinajstić information content (AvgIpc) is 3.53. The molecule has 0 bridgehead atoms. The van der Waals surface area contributed by atoms with Gasteiger partial charge in [0.05, 0.1) is 28.9 Å². The number of hydrogen-bond acceptors (Lipinski definition) is 5. The standard InChI is InChI=1S/C27H26N4O3/c28-16-21(14-18-6-9-23(32)10-7-18)29-27(33)19-8-11-25-24(15-19)30-26(20-12-13-34-17-20)31(25)22-4-2-1-3-5-22/h6-13,15,17,21-22,32H,1-5,14H2,(H,29,33)/t21-/m0/s1. The number of aromatic hydroxyl groups is 1. The lowest BCUT2D eigenvalue weighted by molar-refractivity contribution is 0.0945. The number of benzene rings is 2. The maximum absolute atomic E-state index is 13.0. The van der Waals surface area contributed by atoms with E-state index in [1.165, 1.54) is 19.3 Å². The van der Waals surface area contributed by atoms with Gasteiger partial charge in [-0.3, -0.25) is 4.79 Å². The van der Waals surface area contributed by atoms with Crippen molar-refractivity contribution < 1.29 is 14.3 Å². The van der Waals surface area contributed by atoms with Crippen LogP contribution in [-0.2, 0) is 6.42 Å². The van der Waals surface area contributed by atoms with Gasteiger partial charge in [0.2, 0.25) is 0 Å². The number of hydrogen-bond donors (Lipinski definition) is 2. The molecule has 7 nitrogen and oxygen atoms in total. The van der Waals surface area contributed by atoms with Gasteiger partial charge >= 0.3 is 0 Å². The smallest absolute Gasteiger partial charge is 0.252 e. The normalized spacial score (nSPS) is 15.1. The van der Waals surface area contributed by atoms with Crippen LogP contribution >= 0.6 is 0 Å². The van der Waals surface area contributed by atoms with Crippen LogP contribution in [0.5, 0.6) is 5.75 Å². The number of nitrogens with one attached hydrogen (secondary N) is 1. The van der Waals surface area contributed by atoms with E-state index in [0.29, 0.717) is 18.0 Å². The van der Waals surface area contributed by atoms with Crippen LogP contribution in [0.1, 0.15) is 54.1 Å². The Morgan fingerprint density at radius 1 is 1.18 bits per heavy atom. The number of nitrogens with zero attached hydrogens (tertiary/aromatic N) is 3. The molecule has 1 saturated carbocycles. The lowest BCUT2D eigenvalue weighted by Crippen LogP contribution is -2.35. The minimum Gasteiger partial charge on any atom is -0.508 e. The number of nitriles is 1. The summed E-state index contributed by atoms with van der Waals surface area (Å²) >= 11 is 0. The third-order valence-electron chi connectivity index (χ3n) is 6.51. The van der Waals surface area contributed by atoms with Crippen molar-refractivity contribution in [3.05, 3.63) is 72.2 Å². The molecule has 1 aliphatic rings. The first-order chi connectivity index (χ1) is 16.6. The lowest BCUT2D eigenvalue weighted by Gasteiger charge is -2.25. The van der Waals surface area contributed by atoms with Crippen LogP contribution in [0.25, 0.3) is 22.4 Å². The maximum atomic E-state index is 13.0. The molecule has 0 unspecified atom stereocenters. The van der Waals surface area contributed by atoms with Gasteiger partial charge in [0.25, 0.3) is 5.91 Å². The molecule has 2 aromatic carbocycles. The summed E-state index contributed by atoms with van der Waals surface area (Å²) in [7, 11) is 0. The molecule has 5 rings (SSSR count). The number of imidazole rings is 1. The molecule has 4 aromatic rings. The van der Waals surface area contributed by atoms with Crippen LogP contribution in [0.2, 0.25) is 0 Å². The number of phenols is 1. The van der Waals surface area contributed by atoms with Crippen LogP contribution < -0.4 is 5.32 Å². The van der Waals surface area contributed by atoms with E-state index in [1.54, 1.807) is 48.9 Å². The van der Waals surface area contributed by atoms with Crippen LogP contribution in [0.3, 0.4) is 0 Å². The van der Waals surface area contributed by atoms with Crippen molar-refractivity contribution in [2.24, 2.45) is 0 Å². The first-order valence-electron chi connectivity index (χ1n) is 11.7. The van der Waals surface area contributed by atoms with Crippen LogP contribution in [0.4, 0.5) is 0 Å². The second kappa shape index (κ2) is 9.44.